The number of aryl methyl sites for hydroxylation is 1. The van der Waals surface area contributed by atoms with Crippen LogP contribution in [-0.4, -0.2) is 51.7 Å². The molecule has 0 saturated carbocycles. The molecule has 34 heavy (non-hydrogen) atoms. The zero-order chi connectivity index (χ0) is 24.6. The standard InChI is InChI=1S/C24H28ClN5O4/c1-13-10-17(15(3)26-18-7-8-19(25)27-20(18)24(32)33)22-28-21(14(2)23(31)30(22)11-13)29(4)12-16-6-5-9-34-16/h7-8,10-11,15-16,26H,5-6,9,12H2,1-4H3,(H,32,33)/t15-,16?/m1/s1. The van der Waals surface area contributed by atoms with Gasteiger partial charge in [0.2, 0.25) is 0 Å². The lowest BCUT2D eigenvalue weighted by molar-refractivity contribution is 0.0691. The fourth-order valence-corrected chi connectivity index (χ4v) is 4.53. The molecule has 3 aromatic heterocycles. The van der Waals surface area contributed by atoms with Gasteiger partial charge in [-0.25, -0.2) is 14.8 Å². The molecule has 4 rings (SSSR count). The van der Waals surface area contributed by atoms with Gasteiger partial charge >= 0.3 is 5.97 Å². The summed E-state index contributed by atoms with van der Waals surface area (Å²) in [4.78, 5) is 35.8. The van der Waals surface area contributed by atoms with Gasteiger partial charge < -0.3 is 20.1 Å². The minimum absolute atomic E-state index is 0.0965. The van der Waals surface area contributed by atoms with Crippen LogP contribution in [0, 0.1) is 13.8 Å². The van der Waals surface area contributed by atoms with Crippen LogP contribution in [0.5, 0.6) is 0 Å². The second-order valence-electron chi connectivity index (χ2n) is 8.75. The largest absolute Gasteiger partial charge is 0.476 e. The Bertz CT molecular complexity index is 1300. The van der Waals surface area contributed by atoms with E-state index in [1.54, 1.807) is 23.6 Å². The number of fused-ring (bicyclic) bond motifs is 1. The highest BCUT2D eigenvalue weighted by atomic mass is 35.5. The Morgan fingerprint density at radius 1 is 1.38 bits per heavy atom. The SMILES string of the molecule is Cc1cc([C@@H](C)Nc2ccc(Cl)nc2C(=O)O)c2nc(N(C)CC3CCCO3)c(C)c(=O)n2c1. The summed E-state index contributed by atoms with van der Waals surface area (Å²) in [6, 6.07) is 4.68. The fraction of sp³-hybridized carbons (Fsp3) is 0.417. The minimum atomic E-state index is -1.19. The smallest absolute Gasteiger partial charge is 0.356 e. The van der Waals surface area contributed by atoms with E-state index in [0.29, 0.717) is 29.3 Å². The van der Waals surface area contributed by atoms with E-state index in [-0.39, 0.29) is 28.6 Å². The van der Waals surface area contributed by atoms with Crippen LogP contribution in [0.2, 0.25) is 5.15 Å². The molecule has 1 fully saturated rings. The summed E-state index contributed by atoms with van der Waals surface area (Å²) in [5.74, 6) is -0.577. The molecule has 1 aliphatic rings. The number of ether oxygens (including phenoxy) is 1. The van der Waals surface area contributed by atoms with Crippen LogP contribution < -0.4 is 15.8 Å². The van der Waals surface area contributed by atoms with Gasteiger partial charge in [-0.3, -0.25) is 9.20 Å². The van der Waals surface area contributed by atoms with Gasteiger partial charge in [0.25, 0.3) is 5.56 Å². The molecule has 9 nitrogen and oxygen atoms in total. The van der Waals surface area contributed by atoms with E-state index in [1.165, 1.54) is 6.07 Å². The van der Waals surface area contributed by atoms with Crippen molar-refractivity contribution < 1.29 is 14.6 Å². The van der Waals surface area contributed by atoms with Crippen molar-refractivity contribution in [2.24, 2.45) is 0 Å². The molecule has 1 unspecified atom stereocenters. The van der Waals surface area contributed by atoms with E-state index in [0.717, 1.165) is 30.6 Å². The highest BCUT2D eigenvalue weighted by Gasteiger charge is 2.23. The zero-order valence-corrected chi connectivity index (χ0v) is 20.4. The summed E-state index contributed by atoms with van der Waals surface area (Å²) in [7, 11) is 1.92. The fourth-order valence-electron chi connectivity index (χ4n) is 4.38. The van der Waals surface area contributed by atoms with Crippen molar-refractivity contribution in [2.45, 2.75) is 45.8 Å². The Morgan fingerprint density at radius 2 is 2.15 bits per heavy atom. The number of rotatable bonds is 7. The number of halogens is 1. The summed E-state index contributed by atoms with van der Waals surface area (Å²) >= 11 is 5.89. The molecule has 180 valence electrons. The van der Waals surface area contributed by atoms with E-state index in [4.69, 9.17) is 21.3 Å². The molecule has 1 aliphatic heterocycles. The number of nitrogens with one attached hydrogen (secondary N) is 1. The van der Waals surface area contributed by atoms with Crippen molar-refractivity contribution in [1.82, 2.24) is 14.4 Å². The molecule has 0 radical (unpaired) electrons. The van der Waals surface area contributed by atoms with Crippen molar-refractivity contribution in [2.75, 3.05) is 30.4 Å². The highest BCUT2D eigenvalue weighted by Crippen LogP contribution is 2.27. The normalized spacial score (nSPS) is 16.6. The van der Waals surface area contributed by atoms with Gasteiger partial charge in [0.1, 0.15) is 16.6 Å². The first kappa shape index (κ1) is 24.0. The molecule has 0 amide bonds. The second kappa shape index (κ2) is 9.60. The molecule has 0 spiro atoms. The number of likely N-dealkylation sites (N-methyl/N-ethyl adjacent to an activating group) is 1. The maximum atomic E-state index is 13.3. The lowest BCUT2D eigenvalue weighted by Crippen LogP contribution is -2.32. The average Bonchev–Trinajstić information content (AvgIpc) is 3.30. The highest BCUT2D eigenvalue weighted by molar-refractivity contribution is 6.29. The van der Waals surface area contributed by atoms with E-state index >= 15 is 0 Å². The number of aromatic nitrogens is 3. The first-order valence-corrected chi connectivity index (χ1v) is 11.6. The molecule has 0 bridgehead atoms. The number of pyridine rings is 2. The first-order chi connectivity index (χ1) is 16.2. The third-order valence-electron chi connectivity index (χ3n) is 6.05. The zero-order valence-electron chi connectivity index (χ0n) is 19.6. The first-order valence-electron chi connectivity index (χ1n) is 11.2. The van der Waals surface area contributed by atoms with Crippen LogP contribution in [0.3, 0.4) is 0 Å². The van der Waals surface area contributed by atoms with Gasteiger partial charge in [-0.15, -0.1) is 0 Å². The van der Waals surface area contributed by atoms with Crippen molar-refractivity contribution in [3.63, 3.8) is 0 Å². The number of carbonyl (C=O) groups is 1. The van der Waals surface area contributed by atoms with Crippen LogP contribution in [0.1, 0.15) is 53.0 Å². The van der Waals surface area contributed by atoms with Crippen molar-refractivity contribution in [3.05, 3.63) is 62.3 Å². The van der Waals surface area contributed by atoms with Gasteiger partial charge in [-0.05, 0) is 57.4 Å². The molecule has 10 heteroatoms. The van der Waals surface area contributed by atoms with Crippen LogP contribution in [0.15, 0.2) is 29.2 Å². The van der Waals surface area contributed by atoms with Gasteiger partial charge in [-0.2, -0.15) is 0 Å². The maximum absolute atomic E-state index is 13.3. The summed E-state index contributed by atoms with van der Waals surface area (Å²) in [5.41, 5.74) is 2.72. The van der Waals surface area contributed by atoms with Gasteiger partial charge in [0.15, 0.2) is 5.69 Å². The second-order valence-corrected chi connectivity index (χ2v) is 9.14. The van der Waals surface area contributed by atoms with Crippen molar-refractivity contribution in [3.8, 4) is 0 Å². The van der Waals surface area contributed by atoms with Crippen LogP contribution in [-0.2, 0) is 4.74 Å². The maximum Gasteiger partial charge on any atom is 0.356 e. The van der Waals surface area contributed by atoms with Gasteiger partial charge in [0, 0.05) is 32.0 Å². The predicted molar refractivity (Wildman–Crippen MR) is 131 cm³/mol. The molecule has 3 aromatic rings. The van der Waals surface area contributed by atoms with Crippen molar-refractivity contribution in [1.29, 1.82) is 0 Å². The summed E-state index contributed by atoms with van der Waals surface area (Å²) in [6.45, 7) is 6.98. The Hall–Kier alpha value is -3.17. The third-order valence-corrected chi connectivity index (χ3v) is 6.27. The topological polar surface area (TPSA) is 109 Å². The summed E-state index contributed by atoms with van der Waals surface area (Å²) < 4.78 is 7.31. The van der Waals surface area contributed by atoms with Gasteiger partial charge in [-0.1, -0.05) is 11.6 Å². The molecule has 2 atom stereocenters. The molecule has 2 N–H and O–H groups in total. The summed E-state index contributed by atoms with van der Waals surface area (Å²) in [6.07, 6.45) is 3.91. The predicted octanol–water partition coefficient (Wildman–Crippen LogP) is 3.85. The molecule has 0 aliphatic carbocycles. The number of aromatic carboxylic acids is 1. The number of anilines is 2. The van der Waals surface area contributed by atoms with Gasteiger partial charge in [0.05, 0.1) is 23.4 Å². The Morgan fingerprint density at radius 3 is 2.82 bits per heavy atom. The number of hydrogen-bond donors (Lipinski definition) is 2. The van der Waals surface area contributed by atoms with Crippen LogP contribution in [0.4, 0.5) is 11.5 Å². The molecular formula is C24H28ClN5O4. The average molecular weight is 486 g/mol. The monoisotopic (exact) mass is 485 g/mol. The number of hydrogen-bond acceptors (Lipinski definition) is 7. The number of carboxylic acid groups (broad SMARTS) is 1. The Labute approximate surface area is 202 Å². The van der Waals surface area contributed by atoms with Crippen LogP contribution in [0.25, 0.3) is 5.65 Å². The lowest BCUT2D eigenvalue weighted by Gasteiger charge is -2.25. The molecule has 0 aromatic carbocycles. The molecular weight excluding hydrogens is 458 g/mol. The van der Waals surface area contributed by atoms with E-state index in [1.807, 2.05) is 31.9 Å². The van der Waals surface area contributed by atoms with Crippen LogP contribution >= 0.6 is 11.6 Å². The third kappa shape index (κ3) is 4.71. The number of nitrogens with zero attached hydrogens (tertiary/aromatic N) is 4. The molecule has 1 saturated heterocycles. The quantitative estimate of drug-likeness (QED) is 0.486. The van der Waals surface area contributed by atoms with E-state index < -0.39 is 5.97 Å². The number of carboxylic acids is 1. The lowest BCUT2D eigenvalue weighted by atomic mass is 10.1. The van der Waals surface area contributed by atoms with Crippen molar-refractivity contribution >= 4 is 34.7 Å². The molecule has 4 heterocycles. The van der Waals surface area contributed by atoms with E-state index in [2.05, 4.69) is 10.3 Å². The summed E-state index contributed by atoms with van der Waals surface area (Å²) in [5, 5.41) is 12.8. The van der Waals surface area contributed by atoms with E-state index in [9.17, 15) is 14.7 Å². The minimum Gasteiger partial charge on any atom is -0.476 e. The Balaban J connectivity index is 1.77. The Kier molecular flexibility index (Phi) is 6.77.